The maximum absolute atomic E-state index is 11.5. The zero-order valence-electron chi connectivity index (χ0n) is 14.6. The Morgan fingerprint density at radius 2 is 1.96 bits per heavy atom. The normalized spacial score (nSPS) is 11.2. The summed E-state index contributed by atoms with van der Waals surface area (Å²) in [5.41, 5.74) is 1.89. The molecule has 0 atom stereocenters. The van der Waals surface area contributed by atoms with Crippen molar-refractivity contribution in [1.82, 2.24) is 0 Å². The van der Waals surface area contributed by atoms with Gasteiger partial charge in [-0.05, 0) is 36.1 Å². The molecule has 0 saturated heterocycles. The third-order valence-electron chi connectivity index (χ3n) is 3.70. The van der Waals surface area contributed by atoms with Crippen LogP contribution in [0.15, 0.2) is 23.1 Å². The van der Waals surface area contributed by atoms with E-state index in [1.807, 2.05) is 0 Å². The van der Waals surface area contributed by atoms with Gasteiger partial charge in [0.15, 0.2) is 0 Å². The van der Waals surface area contributed by atoms with E-state index in [2.05, 4.69) is 6.92 Å². The largest absolute Gasteiger partial charge is 1.00 e. The molecule has 0 spiro atoms. The minimum atomic E-state index is -4.33. The third-order valence-corrected chi connectivity index (χ3v) is 7.87. The molecule has 0 aliphatic carbocycles. The molecule has 0 bridgehead atoms. The SMILES string of the molecule is CCCCCc1ssc(=S)c1Cc1ccc(OC)c(S(=O)(=O)O)c1.[Na+]. The van der Waals surface area contributed by atoms with Gasteiger partial charge < -0.3 is 4.74 Å². The van der Waals surface area contributed by atoms with Crippen LogP contribution in [-0.4, -0.2) is 20.1 Å². The molecule has 2 rings (SSSR count). The van der Waals surface area contributed by atoms with E-state index in [0.29, 0.717) is 6.42 Å². The van der Waals surface area contributed by atoms with Crippen molar-refractivity contribution in [3.8, 4) is 5.75 Å². The van der Waals surface area contributed by atoms with Crippen LogP contribution in [0.25, 0.3) is 0 Å². The summed E-state index contributed by atoms with van der Waals surface area (Å²) in [5.74, 6) is 0.135. The van der Waals surface area contributed by atoms with E-state index in [9.17, 15) is 13.0 Å². The summed E-state index contributed by atoms with van der Waals surface area (Å²) < 4.78 is 38.3. The molecule has 1 aromatic heterocycles. The second-order valence-corrected chi connectivity index (χ2v) is 9.74. The molecular weight excluding hydrogens is 407 g/mol. The van der Waals surface area contributed by atoms with Gasteiger partial charge >= 0.3 is 29.6 Å². The Kier molecular flexibility index (Phi) is 9.77. The second-order valence-electron chi connectivity index (χ2n) is 5.45. The summed E-state index contributed by atoms with van der Waals surface area (Å²) in [6, 6.07) is 4.83. The Morgan fingerprint density at radius 1 is 1.24 bits per heavy atom. The van der Waals surface area contributed by atoms with E-state index in [1.165, 1.54) is 30.9 Å². The van der Waals surface area contributed by atoms with Crippen LogP contribution in [0.2, 0.25) is 0 Å². The zero-order valence-corrected chi connectivity index (χ0v) is 19.8. The van der Waals surface area contributed by atoms with Crippen LogP contribution in [0.4, 0.5) is 0 Å². The Morgan fingerprint density at radius 3 is 2.56 bits per heavy atom. The number of benzene rings is 1. The van der Waals surface area contributed by atoms with Crippen LogP contribution in [0.5, 0.6) is 5.75 Å². The fourth-order valence-corrected chi connectivity index (χ4v) is 6.13. The van der Waals surface area contributed by atoms with Crippen LogP contribution < -0.4 is 34.3 Å². The summed E-state index contributed by atoms with van der Waals surface area (Å²) in [4.78, 5) is 1.07. The average Bonchev–Trinajstić information content (AvgIpc) is 2.87. The standard InChI is InChI=1S/C16H20O4S4.Na/c1-3-4-5-6-14-12(16(21)23-22-14)9-11-7-8-13(20-2)15(10-11)24(17,18)19;/h7-8,10H,3-6,9H2,1-2H3,(H,17,18,19);/q;+1. The van der Waals surface area contributed by atoms with Crippen LogP contribution in [0.1, 0.15) is 42.2 Å². The molecule has 0 aliphatic heterocycles. The minimum absolute atomic E-state index is 0. The molecule has 1 N–H and O–H groups in total. The number of aryl methyl sites for hydroxylation is 1. The van der Waals surface area contributed by atoms with Crippen molar-refractivity contribution in [3.05, 3.63) is 38.0 Å². The van der Waals surface area contributed by atoms with Gasteiger partial charge in [0.05, 0.1) is 7.11 Å². The van der Waals surface area contributed by atoms with Crippen molar-refractivity contribution >= 4 is 43.0 Å². The first kappa shape index (κ1) is 23.2. The molecule has 25 heavy (non-hydrogen) atoms. The Hall–Kier alpha value is 0.200. The summed E-state index contributed by atoms with van der Waals surface area (Å²) in [5, 5.41) is 0. The van der Waals surface area contributed by atoms with E-state index in [4.69, 9.17) is 17.0 Å². The number of methoxy groups -OCH3 is 1. The molecule has 0 aliphatic rings. The van der Waals surface area contributed by atoms with Crippen molar-refractivity contribution in [3.63, 3.8) is 0 Å². The van der Waals surface area contributed by atoms with Gasteiger partial charge in [-0.15, -0.1) is 0 Å². The maximum atomic E-state index is 11.5. The van der Waals surface area contributed by atoms with E-state index < -0.39 is 10.1 Å². The fourth-order valence-electron chi connectivity index (χ4n) is 2.44. The van der Waals surface area contributed by atoms with Gasteiger partial charge in [0.25, 0.3) is 10.1 Å². The number of rotatable bonds is 8. The molecule has 4 nitrogen and oxygen atoms in total. The molecule has 1 aromatic carbocycles. The number of ether oxygens (including phenoxy) is 1. The number of hydrogen-bond acceptors (Lipinski definition) is 6. The van der Waals surface area contributed by atoms with Crippen molar-refractivity contribution in [1.29, 1.82) is 0 Å². The van der Waals surface area contributed by atoms with E-state index in [-0.39, 0.29) is 40.2 Å². The monoisotopic (exact) mass is 427 g/mol. The van der Waals surface area contributed by atoms with Crippen LogP contribution >= 0.6 is 32.9 Å². The van der Waals surface area contributed by atoms with Gasteiger partial charge in [0, 0.05) is 11.3 Å². The zero-order chi connectivity index (χ0) is 17.7. The molecule has 0 radical (unpaired) electrons. The number of hydrogen-bond donors (Lipinski definition) is 1. The van der Waals surface area contributed by atoms with E-state index in [1.54, 1.807) is 32.8 Å². The van der Waals surface area contributed by atoms with Crippen molar-refractivity contribution < 1.29 is 47.3 Å². The third kappa shape index (κ3) is 6.39. The van der Waals surface area contributed by atoms with Gasteiger partial charge in [0.2, 0.25) is 0 Å². The maximum Gasteiger partial charge on any atom is 1.00 e. The topological polar surface area (TPSA) is 63.6 Å². The molecule has 1 heterocycles. The minimum Gasteiger partial charge on any atom is -0.495 e. The molecule has 0 amide bonds. The van der Waals surface area contributed by atoms with Gasteiger partial charge in [0.1, 0.15) is 14.5 Å². The average molecular weight is 428 g/mol. The van der Waals surface area contributed by atoms with Gasteiger partial charge in [-0.25, -0.2) is 0 Å². The molecule has 0 saturated carbocycles. The first-order valence-electron chi connectivity index (χ1n) is 7.62. The van der Waals surface area contributed by atoms with Crippen LogP contribution in [0.3, 0.4) is 0 Å². The smallest absolute Gasteiger partial charge is 0.495 e. The fraction of sp³-hybridized carbons (Fsp3) is 0.438. The summed E-state index contributed by atoms with van der Waals surface area (Å²) >= 11 is 5.44. The Bertz CT molecular complexity index is 855. The molecule has 0 unspecified atom stereocenters. The van der Waals surface area contributed by atoms with Gasteiger partial charge in [-0.1, -0.05) is 58.7 Å². The van der Waals surface area contributed by atoms with Crippen LogP contribution in [-0.2, 0) is 23.0 Å². The predicted octanol–water partition coefficient (Wildman–Crippen LogP) is 2.12. The quantitative estimate of drug-likeness (QED) is 0.230. The van der Waals surface area contributed by atoms with Gasteiger partial charge in [-0.3, -0.25) is 4.55 Å². The molecule has 2 aromatic rings. The second kappa shape index (κ2) is 10.5. The number of unbranched alkanes of at least 4 members (excludes halogenated alkanes) is 2. The summed E-state index contributed by atoms with van der Waals surface area (Å²) in [7, 11) is 0.340. The predicted molar refractivity (Wildman–Crippen MR) is 102 cm³/mol. The first-order chi connectivity index (χ1) is 11.4. The van der Waals surface area contributed by atoms with Gasteiger partial charge in [-0.2, -0.15) is 8.42 Å². The molecule has 132 valence electrons. The Balaban J connectivity index is 0.00000312. The molecule has 0 fully saturated rings. The summed E-state index contributed by atoms with van der Waals surface area (Å²) in [6.07, 6.45) is 5.05. The molecular formula is C16H20NaO4S4+. The van der Waals surface area contributed by atoms with E-state index in [0.717, 1.165) is 27.8 Å². The summed E-state index contributed by atoms with van der Waals surface area (Å²) in [6.45, 7) is 2.17. The van der Waals surface area contributed by atoms with Crippen molar-refractivity contribution in [2.45, 2.75) is 43.9 Å². The molecule has 9 heteroatoms. The first-order valence-corrected chi connectivity index (χ1v) is 11.6. The van der Waals surface area contributed by atoms with Crippen molar-refractivity contribution in [2.75, 3.05) is 7.11 Å². The van der Waals surface area contributed by atoms with Crippen molar-refractivity contribution in [2.24, 2.45) is 0 Å². The van der Waals surface area contributed by atoms with E-state index >= 15 is 0 Å². The van der Waals surface area contributed by atoms with Crippen LogP contribution in [0, 0.1) is 3.82 Å². The Labute approximate surface area is 183 Å².